The minimum absolute atomic E-state index is 0. The average molecular weight is 1490 g/mol. The average Bonchev–Trinajstić information content (AvgIpc) is 3.33. The molecule has 20 heteroatoms. The molecule has 0 aliphatic heterocycles. The van der Waals surface area contributed by atoms with E-state index in [0.717, 1.165) is 47.1 Å². The molecule has 0 amide bonds. The van der Waals surface area contributed by atoms with Crippen LogP contribution >= 0.6 is 104 Å². The fourth-order valence-electron chi connectivity index (χ4n) is 7.44. The lowest BCUT2D eigenvalue weighted by Gasteiger charge is -2.26. The molecule has 78 heavy (non-hydrogen) atoms. The van der Waals surface area contributed by atoms with Crippen molar-refractivity contribution in [2.75, 3.05) is 18.5 Å². The third kappa shape index (κ3) is 31.9. The normalized spacial score (nSPS) is 11.7. The number of carboxylic acids is 7. The Labute approximate surface area is 520 Å². The number of alkyl halides is 5. The Bertz CT molecular complexity index is 2210. The maximum absolute atomic E-state index is 11.8. The van der Waals surface area contributed by atoms with Gasteiger partial charge in [0.1, 0.15) is 0 Å². The highest BCUT2D eigenvalue weighted by atomic mass is 127. The van der Waals surface area contributed by atoms with Crippen molar-refractivity contribution in [3.63, 3.8) is 0 Å². The summed E-state index contributed by atoms with van der Waals surface area (Å²) in [7, 11) is 0. The number of unbranched alkanes of at least 4 members (excludes halogenated alkanes) is 2. The van der Waals surface area contributed by atoms with Gasteiger partial charge >= 0.3 is 41.8 Å². The van der Waals surface area contributed by atoms with Crippen molar-refractivity contribution in [3.05, 3.63) is 105 Å². The highest BCUT2D eigenvalue weighted by Gasteiger charge is 2.46. The van der Waals surface area contributed by atoms with Crippen molar-refractivity contribution in [1.82, 2.24) is 0 Å². The van der Waals surface area contributed by atoms with Crippen LogP contribution in [0, 0.1) is 17.3 Å². The third-order valence-electron chi connectivity index (χ3n) is 11.9. The van der Waals surface area contributed by atoms with Crippen LogP contribution in [0.1, 0.15) is 199 Å². The van der Waals surface area contributed by atoms with Gasteiger partial charge in [-0.05, 0) is 142 Å². The Morgan fingerprint density at radius 3 is 1.04 bits per heavy atom. The van der Waals surface area contributed by atoms with Crippen LogP contribution < -0.4 is 0 Å². The first-order chi connectivity index (χ1) is 35.6. The summed E-state index contributed by atoms with van der Waals surface area (Å²) in [6.45, 7) is 21.7. The fraction of sp³-hybridized carbons (Fsp3) is 0.569. The topological polar surface area (TPSA) is 261 Å². The minimum atomic E-state index is -1.96. The van der Waals surface area contributed by atoms with Crippen LogP contribution in [0.4, 0.5) is 0 Å². The molecule has 14 nitrogen and oxygen atoms in total. The van der Waals surface area contributed by atoms with Crippen molar-refractivity contribution in [2.24, 2.45) is 17.3 Å². The van der Waals surface area contributed by atoms with E-state index in [1.165, 1.54) is 8.50 Å². The fourth-order valence-corrected chi connectivity index (χ4v) is 7.62. The number of hydrogen-bond acceptors (Lipinski definition) is 8. The Kier molecular flexibility index (Phi) is 43.0. The second-order valence-electron chi connectivity index (χ2n) is 21.1. The molecule has 2 atom stereocenters. The molecule has 0 bridgehead atoms. The molecule has 0 fully saturated rings. The van der Waals surface area contributed by atoms with Crippen molar-refractivity contribution < 1.29 is 69.3 Å². The zero-order valence-electron chi connectivity index (χ0n) is 46.6. The van der Waals surface area contributed by atoms with Crippen molar-refractivity contribution in [3.8, 4) is 0 Å². The first-order valence-corrected chi connectivity index (χ1v) is 31.8. The quantitative estimate of drug-likeness (QED) is 0.0201. The van der Waals surface area contributed by atoms with E-state index in [0.29, 0.717) is 49.8 Å². The van der Waals surface area contributed by atoms with E-state index in [1.807, 2.05) is 93.2 Å². The van der Waals surface area contributed by atoms with Crippen LogP contribution in [0.15, 0.2) is 54.6 Å². The lowest BCUT2D eigenvalue weighted by molar-refractivity contribution is -0.165. The molecule has 0 saturated heterocycles. The standard InChI is InChI=1S/C19H26O6.C18H26O4.C17H24O4S.CH2Cl2.CH2I2.CH3I.CH4/c1-5-6-7-19(16(22)23,17(24)25)11-12-8-13(15(20)21)10-14(9-12)18(2,3)4;1-5-6-7-13(16(19)20)8-12-9-14(17(21)22)11-15(10-12)18(2,3)4;1-17(2,3)14-9-11(8-13(10-14)16(20)21)7-12(15(18)19)5-4-6-22;2*2-1-3;1-2;/h8-10H,5-7,11H2,1-4H3,(H,20,21)(H,22,23)(H,24,25);9-11,13H,5-8H2,1-4H3,(H,19,20)(H,21,22);8-10,12,22H,4-7H2,1-3H3,(H,18,19)(H,20,21);2*1H2;1H3;1H4. The van der Waals surface area contributed by atoms with Gasteiger partial charge in [0.15, 0.2) is 5.41 Å². The first-order valence-electron chi connectivity index (χ1n) is 24.8. The Hall–Kier alpha value is -2.93. The van der Waals surface area contributed by atoms with Crippen LogP contribution in [0.25, 0.3) is 0 Å². The molecule has 0 aliphatic carbocycles. The van der Waals surface area contributed by atoms with E-state index in [9.17, 15) is 69.3 Å². The summed E-state index contributed by atoms with van der Waals surface area (Å²) in [4.78, 5) is 82.3. The molecule has 0 spiro atoms. The van der Waals surface area contributed by atoms with Crippen molar-refractivity contribution in [1.29, 1.82) is 0 Å². The Morgan fingerprint density at radius 2 is 0.795 bits per heavy atom. The number of benzene rings is 3. The summed E-state index contributed by atoms with van der Waals surface area (Å²) in [5.74, 6) is -7.88. The molecular weight excluding hydrogens is 1400 g/mol. The molecule has 2 unspecified atom stereocenters. The number of aliphatic carboxylic acids is 4. The number of hydrogen-bond donors (Lipinski definition) is 8. The molecule has 0 saturated carbocycles. The Balaban J connectivity index is -0.000000490. The van der Waals surface area contributed by atoms with E-state index >= 15 is 0 Å². The van der Waals surface area contributed by atoms with E-state index in [4.69, 9.17) is 23.2 Å². The van der Waals surface area contributed by atoms with Crippen LogP contribution in [0.5, 0.6) is 0 Å². The van der Waals surface area contributed by atoms with Gasteiger partial charge in [-0.3, -0.25) is 19.2 Å². The van der Waals surface area contributed by atoms with Crippen LogP contribution in [-0.4, -0.2) is 96.0 Å². The zero-order chi connectivity index (χ0) is 60.7. The predicted octanol–water partition coefficient (Wildman–Crippen LogP) is 16.2. The van der Waals surface area contributed by atoms with Gasteiger partial charge in [0.05, 0.1) is 36.3 Å². The second kappa shape index (κ2) is 41.1. The van der Waals surface area contributed by atoms with E-state index in [1.54, 1.807) is 36.4 Å². The summed E-state index contributed by atoms with van der Waals surface area (Å²) in [6.07, 6.45) is 5.30. The lowest BCUT2D eigenvalue weighted by atomic mass is 9.76. The first kappa shape index (κ1) is 81.5. The number of carbonyl (C=O) groups is 7. The molecule has 3 aromatic rings. The SMILES string of the molecule is C.CC(C)(C)c1cc(CC(CCCS)C(=O)O)cc(C(=O)O)c1.CCCCC(Cc1cc(C(=O)O)cc(C(C)(C)C)c1)(C(=O)O)C(=O)O.CCCCC(Cc1cc(C(=O)O)cc(C(C)(C)C)c1)C(=O)O.CI.ClCCl.ICI. The van der Waals surface area contributed by atoms with Crippen LogP contribution in [0.2, 0.25) is 0 Å². The summed E-state index contributed by atoms with van der Waals surface area (Å²) >= 11 is 20.3. The molecule has 7 N–H and O–H groups in total. The molecule has 3 rings (SSSR count). The summed E-state index contributed by atoms with van der Waals surface area (Å²) in [5, 5.41) is 65.9. The lowest BCUT2D eigenvalue weighted by Crippen LogP contribution is -2.41. The van der Waals surface area contributed by atoms with Crippen molar-refractivity contribution in [2.45, 2.75) is 170 Å². The van der Waals surface area contributed by atoms with Crippen LogP contribution in [0.3, 0.4) is 0 Å². The van der Waals surface area contributed by atoms with Gasteiger partial charge in [0, 0.05) is 0 Å². The smallest absolute Gasteiger partial charge is 0.335 e. The molecule has 0 radical (unpaired) electrons. The predicted molar refractivity (Wildman–Crippen MR) is 346 cm³/mol. The molecule has 0 aromatic heterocycles. The number of carboxylic acid groups (broad SMARTS) is 7. The number of thiol groups is 1. The molecular formula is C58H87Cl2I3O14S. The molecule has 0 heterocycles. The number of halogens is 5. The van der Waals surface area contributed by atoms with Gasteiger partial charge in [-0.1, -0.05) is 195 Å². The maximum atomic E-state index is 11.8. The third-order valence-corrected chi connectivity index (χ3v) is 12.2. The van der Waals surface area contributed by atoms with Gasteiger partial charge in [-0.2, -0.15) is 12.6 Å². The highest BCUT2D eigenvalue weighted by Crippen LogP contribution is 2.34. The van der Waals surface area contributed by atoms with Gasteiger partial charge in [-0.25, -0.2) is 14.4 Å². The van der Waals surface area contributed by atoms with Crippen LogP contribution in [-0.2, 0) is 54.7 Å². The van der Waals surface area contributed by atoms with Gasteiger partial charge in [-0.15, -0.1) is 23.2 Å². The second-order valence-corrected chi connectivity index (χ2v) is 26.8. The van der Waals surface area contributed by atoms with E-state index in [-0.39, 0.29) is 58.5 Å². The summed E-state index contributed by atoms with van der Waals surface area (Å²) < 4.78 is 1.19. The minimum Gasteiger partial charge on any atom is -0.481 e. The van der Waals surface area contributed by atoms with E-state index < -0.39 is 59.0 Å². The number of aromatic carboxylic acids is 3. The van der Waals surface area contributed by atoms with Gasteiger partial charge in [0.2, 0.25) is 0 Å². The van der Waals surface area contributed by atoms with E-state index in [2.05, 4.69) is 80.4 Å². The Morgan fingerprint density at radius 1 is 0.513 bits per heavy atom. The largest absolute Gasteiger partial charge is 0.481 e. The highest BCUT2D eigenvalue weighted by molar-refractivity contribution is 14.2. The molecule has 0 aliphatic rings. The van der Waals surface area contributed by atoms with Crippen molar-refractivity contribution >= 4 is 145 Å². The molecule has 444 valence electrons. The monoisotopic (exact) mass is 1490 g/mol. The number of rotatable bonds is 22. The van der Waals surface area contributed by atoms with Gasteiger partial charge < -0.3 is 35.7 Å². The summed E-state index contributed by atoms with van der Waals surface area (Å²) in [5.41, 5.74) is 2.29. The molecule has 3 aromatic carbocycles. The maximum Gasteiger partial charge on any atom is 0.335 e. The van der Waals surface area contributed by atoms with Gasteiger partial charge in [0.25, 0.3) is 0 Å². The zero-order valence-corrected chi connectivity index (χ0v) is 55.5. The summed E-state index contributed by atoms with van der Waals surface area (Å²) in [6, 6.07) is 15.0.